The number of benzene rings is 1. The number of rotatable bonds is 5. The molecular weight excluding hydrogens is 302 g/mol. The number of hydrogen-bond acceptors (Lipinski definition) is 4. The van der Waals surface area contributed by atoms with Gasteiger partial charge in [0, 0.05) is 25.7 Å². The van der Waals surface area contributed by atoms with Crippen molar-refractivity contribution in [2.24, 2.45) is 0 Å². The third kappa shape index (κ3) is 4.44. The Balaban J connectivity index is 2.00. The van der Waals surface area contributed by atoms with E-state index in [1.807, 2.05) is 0 Å². The van der Waals surface area contributed by atoms with E-state index in [2.05, 4.69) is 9.62 Å². The van der Waals surface area contributed by atoms with Crippen molar-refractivity contribution in [3.63, 3.8) is 0 Å². The van der Waals surface area contributed by atoms with Crippen LogP contribution < -0.4 is 4.72 Å². The van der Waals surface area contributed by atoms with Crippen LogP contribution in [0, 0.1) is 11.6 Å². The molecular formula is C13H18F2N2O3S. The zero-order valence-corrected chi connectivity index (χ0v) is 12.5. The quantitative estimate of drug-likeness (QED) is 0.878. The average molecular weight is 320 g/mol. The summed E-state index contributed by atoms with van der Waals surface area (Å²) in [5, 5.41) is 0. The minimum absolute atomic E-state index is 0.282. The first-order valence-electron chi connectivity index (χ1n) is 6.66. The lowest BCUT2D eigenvalue weighted by atomic mass is 10.3. The Hall–Kier alpha value is -1.09. The number of morpholine rings is 1. The van der Waals surface area contributed by atoms with Gasteiger partial charge in [0.15, 0.2) is 11.6 Å². The Labute approximate surface area is 122 Å². The SMILES string of the molecule is C[C@@H](CN1CCOCC1)NS(=O)(=O)c1ccc(F)c(F)c1. The van der Waals surface area contributed by atoms with E-state index in [9.17, 15) is 17.2 Å². The Kier molecular flexibility index (Phi) is 5.26. The van der Waals surface area contributed by atoms with E-state index in [0.717, 1.165) is 25.2 Å². The molecule has 1 aliphatic heterocycles. The van der Waals surface area contributed by atoms with Crippen LogP contribution in [0.2, 0.25) is 0 Å². The van der Waals surface area contributed by atoms with E-state index in [-0.39, 0.29) is 10.9 Å². The maximum Gasteiger partial charge on any atom is 0.240 e. The van der Waals surface area contributed by atoms with Crippen LogP contribution in [-0.2, 0) is 14.8 Å². The molecule has 0 bridgehead atoms. The average Bonchev–Trinajstić information content (AvgIpc) is 2.42. The molecule has 1 saturated heterocycles. The Bertz CT molecular complexity index is 589. The molecule has 0 aliphatic carbocycles. The van der Waals surface area contributed by atoms with Gasteiger partial charge in [-0.3, -0.25) is 4.90 Å². The molecule has 0 radical (unpaired) electrons. The van der Waals surface area contributed by atoms with Gasteiger partial charge in [0.05, 0.1) is 18.1 Å². The smallest absolute Gasteiger partial charge is 0.240 e. The van der Waals surface area contributed by atoms with Gasteiger partial charge in [-0.2, -0.15) is 0 Å². The van der Waals surface area contributed by atoms with E-state index in [1.165, 1.54) is 0 Å². The molecule has 1 N–H and O–H groups in total. The zero-order chi connectivity index (χ0) is 15.5. The van der Waals surface area contributed by atoms with Gasteiger partial charge in [0.25, 0.3) is 0 Å². The molecule has 1 atom stereocenters. The summed E-state index contributed by atoms with van der Waals surface area (Å²) in [4.78, 5) is 1.80. The van der Waals surface area contributed by atoms with Crippen molar-refractivity contribution < 1.29 is 21.9 Å². The molecule has 1 heterocycles. The maximum atomic E-state index is 13.1. The number of sulfonamides is 1. The van der Waals surface area contributed by atoms with Crippen molar-refractivity contribution in [2.75, 3.05) is 32.8 Å². The van der Waals surface area contributed by atoms with Gasteiger partial charge in [-0.25, -0.2) is 21.9 Å². The first-order chi connectivity index (χ1) is 9.88. The lowest BCUT2D eigenvalue weighted by Crippen LogP contribution is -2.45. The third-order valence-corrected chi connectivity index (χ3v) is 4.78. The Morgan fingerprint density at radius 2 is 1.95 bits per heavy atom. The van der Waals surface area contributed by atoms with E-state index in [1.54, 1.807) is 6.92 Å². The van der Waals surface area contributed by atoms with E-state index in [0.29, 0.717) is 25.8 Å². The number of hydrogen-bond donors (Lipinski definition) is 1. The molecule has 1 aliphatic rings. The van der Waals surface area contributed by atoms with Crippen LogP contribution in [0.25, 0.3) is 0 Å². The zero-order valence-electron chi connectivity index (χ0n) is 11.7. The highest BCUT2D eigenvalue weighted by Gasteiger charge is 2.21. The standard InChI is InChI=1S/C13H18F2N2O3S/c1-10(9-17-4-6-20-7-5-17)16-21(18,19)11-2-3-12(14)13(15)8-11/h2-3,8,10,16H,4-7,9H2,1H3/t10-/m0/s1. The molecule has 2 rings (SSSR count). The van der Waals surface area contributed by atoms with Gasteiger partial charge in [0.1, 0.15) is 0 Å². The third-order valence-electron chi connectivity index (χ3n) is 3.19. The van der Waals surface area contributed by atoms with Crippen molar-refractivity contribution in [3.05, 3.63) is 29.8 Å². The molecule has 118 valence electrons. The van der Waals surface area contributed by atoms with Crippen LogP contribution in [0.1, 0.15) is 6.92 Å². The van der Waals surface area contributed by atoms with Crippen LogP contribution in [0.3, 0.4) is 0 Å². The van der Waals surface area contributed by atoms with Crippen LogP contribution >= 0.6 is 0 Å². The van der Waals surface area contributed by atoms with Crippen molar-refractivity contribution in [3.8, 4) is 0 Å². The van der Waals surface area contributed by atoms with E-state index < -0.39 is 21.7 Å². The van der Waals surface area contributed by atoms with Crippen LogP contribution in [0.5, 0.6) is 0 Å². The summed E-state index contributed by atoms with van der Waals surface area (Å²) < 4.78 is 57.9. The monoisotopic (exact) mass is 320 g/mol. The molecule has 0 spiro atoms. The van der Waals surface area contributed by atoms with E-state index >= 15 is 0 Å². The minimum atomic E-state index is -3.86. The summed E-state index contributed by atoms with van der Waals surface area (Å²) in [5.41, 5.74) is 0. The molecule has 0 aromatic heterocycles. The second kappa shape index (κ2) is 6.78. The second-order valence-electron chi connectivity index (χ2n) is 5.01. The van der Waals surface area contributed by atoms with E-state index in [4.69, 9.17) is 4.74 Å². The fourth-order valence-corrected chi connectivity index (χ4v) is 3.43. The van der Waals surface area contributed by atoms with Gasteiger partial charge in [-0.1, -0.05) is 0 Å². The highest BCUT2D eigenvalue weighted by atomic mass is 32.2. The summed E-state index contributed by atoms with van der Waals surface area (Å²) in [6.45, 7) is 5.01. The lowest BCUT2D eigenvalue weighted by Gasteiger charge is -2.29. The highest BCUT2D eigenvalue weighted by Crippen LogP contribution is 2.14. The fraction of sp³-hybridized carbons (Fsp3) is 0.538. The Morgan fingerprint density at radius 1 is 1.29 bits per heavy atom. The molecule has 21 heavy (non-hydrogen) atoms. The van der Waals surface area contributed by atoms with Gasteiger partial charge < -0.3 is 4.74 Å². The summed E-state index contributed by atoms with van der Waals surface area (Å²) in [6.07, 6.45) is 0. The van der Waals surface area contributed by atoms with Crippen molar-refractivity contribution in [2.45, 2.75) is 17.9 Å². The van der Waals surface area contributed by atoms with Gasteiger partial charge in [-0.15, -0.1) is 0 Å². The molecule has 1 aromatic rings. The van der Waals surface area contributed by atoms with Gasteiger partial charge >= 0.3 is 0 Å². The predicted octanol–water partition coefficient (Wildman–Crippen LogP) is 0.964. The van der Waals surface area contributed by atoms with Crippen molar-refractivity contribution >= 4 is 10.0 Å². The first-order valence-corrected chi connectivity index (χ1v) is 8.14. The molecule has 0 amide bonds. The predicted molar refractivity (Wildman–Crippen MR) is 73.4 cm³/mol. The number of halogens is 2. The summed E-state index contributed by atoms with van der Waals surface area (Å²) >= 11 is 0. The number of nitrogens with zero attached hydrogens (tertiary/aromatic N) is 1. The first kappa shape index (κ1) is 16.3. The second-order valence-corrected chi connectivity index (χ2v) is 6.73. The topological polar surface area (TPSA) is 58.6 Å². The normalized spacial score (nSPS) is 18.6. The van der Waals surface area contributed by atoms with Gasteiger partial charge in [0.2, 0.25) is 10.0 Å². The summed E-state index contributed by atoms with van der Waals surface area (Å²) in [5.74, 6) is -2.26. The minimum Gasteiger partial charge on any atom is -0.379 e. The fourth-order valence-electron chi connectivity index (χ4n) is 2.19. The maximum absolute atomic E-state index is 13.1. The van der Waals surface area contributed by atoms with Crippen molar-refractivity contribution in [1.29, 1.82) is 0 Å². The Morgan fingerprint density at radius 3 is 2.57 bits per heavy atom. The van der Waals surface area contributed by atoms with Crippen LogP contribution in [0.4, 0.5) is 8.78 Å². The van der Waals surface area contributed by atoms with Crippen LogP contribution in [0.15, 0.2) is 23.1 Å². The molecule has 1 fully saturated rings. The van der Waals surface area contributed by atoms with Crippen LogP contribution in [-0.4, -0.2) is 52.2 Å². The summed E-state index contributed by atoms with van der Waals surface area (Å²) in [6, 6.07) is 2.18. The lowest BCUT2D eigenvalue weighted by molar-refractivity contribution is 0.0354. The molecule has 0 unspecified atom stereocenters. The largest absolute Gasteiger partial charge is 0.379 e. The molecule has 5 nitrogen and oxygen atoms in total. The molecule has 8 heteroatoms. The summed E-state index contributed by atoms with van der Waals surface area (Å²) in [7, 11) is -3.86. The highest BCUT2D eigenvalue weighted by molar-refractivity contribution is 7.89. The number of ether oxygens (including phenoxy) is 1. The number of nitrogens with one attached hydrogen (secondary N) is 1. The molecule has 0 saturated carbocycles. The van der Waals surface area contributed by atoms with Crippen molar-refractivity contribution in [1.82, 2.24) is 9.62 Å². The molecule has 1 aromatic carbocycles. The van der Waals surface area contributed by atoms with Gasteiger partial charge in [-0.05, 0) is 25.1 Å².